The van der Waals surface area contributed by atoms with E-state index < -0.39 is 29.9 Å². The Kier molecular flexibility index (Phi) is 5.42. The molecular weight excluding hydrogens is 397 g/mol. The average molecular weight is 419 g/mol. The van der Waals surface area contributed by atoms with Gasteiger partial charge in [-0.1, -0.05) is 54.6 Å². The number of halogens is 1. The van der Waals surface area contributed by atoms with Crippen LogP contribution in [0.3, 0.4) is 0 Å². The van der Waals surface area contributed by atoms with E-state index in [1.54, 1.807) is 31.2 Å². The Morgan fingerprint density at radius 3 is 2.52 bits per heavy atom. The number of imide groups is 1. The zero-order valence-electron chi connectivity index (χ0n) is 17.0. The number of amides is 4. The molecule has 0 aromatic heterocycles. The third-order valence-corrected chi connectivity index (χ3v) is 5.58. The van der Waals surface area contributed by atoms with Crippen molar-refractivity contribution in [2.75, 3.05) is 13.1 Å². The minimum Gasteiger partial charge on any atom is -0.354 e. The lowest BCUT2D eigenvalue weighted by atomic mass is 9.90. The largest absolute Gasteiger partial charge is 0.354 e. The topological polar surface area (TPSA) is 78.5 Å². The molecule has 1 atom stereocenters. The number of nitrogens with zero attached hydrogens (tertiary/aromatic N) is 1. The summed E-state index contributed by atoms with van der Waals surface area (Å²) in [6.45, 7) is 1.43. The maximum absolute atomic E-state index is 13.7. The van der Waals surface area contributed by atoms with Gasteiger partial charge in [-0.25, -0.2) is 9.18 Å². The molecule has 0 spiro atoms. The first-order valence-electron chi connectivity index (χ1n) is 10.0. The molecule has 0 bridgehead atoms. The van der Waals surface area contributed by atoms with Crippen molar-refractivity contribution < 1.29 is 18.8 Å². The van der Waals surface area contributed by atoms with Crippen molar-refractivity contribution in [1.82, 2.24) is 15.5 Å². The zero-order valence-corrected chi connectivity index (χ0v) is 17.0. The molecule has 4 amide bonds. The predicted molar refractivity (Wildman–Crippen MR) is 115 cm³/mol. The molecule has 3 aromatic rings. The third-order valence-electron chi connectivity index (χ3n) is 5.58. The lowest BCUT2D eigenvalue weighted by Crippen LogP contribution is -2.43. The quantitative estimate of drug-likeness (QED) is 0.603. The van der Waals surface area contributed by atoms with Crippen molar-refractivity contribution in [1.29, 1.82) is 0 Å². The fraction of sp³-hybridized carbons (Fsp3) is 0.208. The molecule has 1 aliphatic heterocycles. The second kappa shape index (κ2) is 8.18. The van der Waals surface area contributed by atoms with Crippen LogP contribution in [0.2, 0.25) is 0 Å². The van der Waals surface area contributed by atoms with Gasteiger partial charge in [0.15, 0.2) is 0 Å². The molecule has 1 heterocycles. The van der Waals surface area contributed by atoms with Gasteiger partial charge in [-0.3, -0.25) is 14.5 Å². The van der Waals surface area contributed by atoms with E-state index in [0.29, 0.717) is 17.5 Å². The van der Waals surface area contributed by atoms with Gasteiger partial charge in [0, 0.05) is 6.54 Å². The van der Waals surface area contributed by atoms with Crippen molar-refractivity contribution in [3.05, 3.63) is 83.7 Å². The van der Waals surface area contributed by atoms with Gasteiger partial charge in [-0.05, 0) is 47.4 Å². The fourth-order valence-electron chi connectivity index (χ4n) is 3.77. The Bertz CT molecular complexity index is 1180. The molecule has 2 N–H and O–H groups in total. The number of hydrogen-bond donors (Lipinski definition) is 2. The Morgan fingerprint density at radius 2 is 1.74 bits per heavy atom. The van der Waals surface area contributed by atoms with E-state index in [1.165, 1.54) is 6.07 Å². The first-order chi connectivity index (χ1) is 14.9. The molecule has 0 radical (unpaired) electrons. The molecule has 31 heavy (non-hydrogen) atoms. The van der Waals surface area contributed by atoms with Crippen LogP contribution in [0.25, 0.3) is 10.8 Å². The van der Waals surface area contributed by atoms with E-state index >= 15 is 0 Å². The molecule has 7 heteroatoms. The minimum atomic E-state index is -1.26. The Hall–Kier alpha value is -3.74. The van der Waals surface area contributed by atoms with Crippen LogP contribution in [0.4, 0.5) is 9.18 Å². The number of rotatable bonds is 6. The van der Waals surface area contributed by atoms with Crippen LogP contribution >= 0.6 is 0 Å². The Morgan fingerprint density at radius 1 is 1.03 bits per heavy atom. The summed E-state index contributed by atoms with van der Waals surface area (Å²) in [4.78, 5) is 38.8. The zero-order chi connectivity index (χ0) is 22.0. The van der Waals surface area contributed by atoms with Gasteiger partial charge >= 0.3 is 6.03 Å². The molecule has 158 valence electrons. The van der Waals surface area contributed by atoms with E-state index in [0.717, 1.165) is 15.7 Å². The van der Waals surface area contributed by atoms with Crippen LogP contribution < -0.4 is 10.6 Å². The Balaban J connectivity index is 1.42. The number of hydrogen-bond acceptors (Lipinski definition) is 3. The van der Waals surface area contributed by atoms with Gasteiger partial charge in [-0.2, -0.15) is 0 Å². The molecule has 4 rings (SSSR count). The van der Waals surface area contributed by atoms with Crippen molar-refractivity contribution in [2.24, 2.45) is 0 Å². The summed E-state index contributed by atoms with van der Waals surface area (Å²) >= 11 is 0. The van der Waals surface area contributed by atoms with E-state index in [2.05, 4.69) is 10.6 Å². The van der Waals surface area contributed by atoms with Gasteiger partial charge in [-0.15, -0.1) is 0 Å². The van der Waals surface area contributed by atoms with E-state index in [4.69, 9.17) is 0 Å². The van der Waals surface area contributed by atoms with Gasteiger partial charge in [0.2, 0.25) is 5.91 Å². The monoisotopic (exact) mass is 419 g/mol. The van der Waals surface area contributed by atoms with Gasteiger partial charge in [0.25, 0.3) is 5.91 Å². The lowest BCUT2D eigenvalue weighted by Gasteiger charge is -2.22. The molecule has 1 fully saturated rings. The third kappa shape index (κ3) is 3.99. The highest BCUT2D eigenvalue weighted by Gasteiger charge is 2.49. The molecular formula is C24H22FN3O3. The van der Waals surface area contributed by atoms with Crippen LogP contribution in [0, 0.1) is 5.82 Å². The molecule has 0 saturated carbocycles. The van der Waals surface area contributed by atoms with Crippen molar-refractivity contribution in [2.45, 2.75) is 18.9 Å². The highest BCUT2D eigenvalue weighted by Crippen LogP contribution is 2.30. The molecule has 1 saturated heterocycles. The van der Waals surface area contributed by atoms with Gasteiger partial charge in [0.05, 0.1) is 0 Å². The highest BCUT2D eigenvalue weighted by atomic mass is 19.1. The Labute approximate surface area is 179 Å². The van der Waals surface area contributed by atoms with Crippen LogP contribution in [0.15, 0.2) is 66.7 Å². The summed E-state index contributed by atoms with van der Waals surface area (Å²) < 4.78 is 13.7. The SMILES string of the molecule is CC1(c2ccc3ccccc3c2)NC(=O)N(CC(=O)NCCc2ccccc2F)C1=O. The van der Waals surface area contributed by atoms with E-state index in [1.807, 2.05) is 36.4 Å². The average Bonchev–Trinajstić information content (AvgIpc) is 2.98. The number of carbonyl (C=O) groups excluding carboxylic acids is 3. The fourth-order valence-corrected chi connectivity index (χ4v) is 3.77. The highest BCUT2D eigenvalue weighted by molar-refractivity contribution is 6.09. The summed E-state index contributed by atoms with van der Waals surface area (Å²) in [6, 6.07) is 19.0. The van der Waals surface area contributed by atoms with E-state index in [-0.39, 0.29) is 12.4 Å². The smallest absolute Gasteiger partial charge is 0.325 e. The van der Waals surface area contributed by atoms with Gasteiger partial charge < -0.3 is 10.6 Å². The normalized spacial score (nSPS) is 18.3. The molecule has 6 nitrogen and oxygen atoms in total. The number of urea groups is 1. The van der Waals surface area contributed by atoms with Gasteiger partial charge in [0.1, 0.15) is 17.9 Å². The second-order valence-corrected chi connectivity index (χ2v) is 7.70. The van der Waals surface area contributed by atoms with Crippen LogP contribution in [0.1, 0.15) is 18.1 Å². The van der Waals surface area contributed by atoms with Crippen molar-refractivity contribution in [3.63, 3.8) is 0 Å². The minimum absolute atomic E-state index is 0.200. The second-order valence-electron chi connectivity index (χ2n) is 7.70. The standard InChI is InChI=1S/C24H22FN3O3/c1-24(19-11-10-16-6-2-3-8-18(16)14-19)22(30)28(23(31)27-24)15-21(29)26-13-12-17-7-4-5-9-20(17)25/h2-11,14H,12-13,15H2,1H3,(H,26,29)(H,27,31). The first-order valence-corrected chi connectivity index (χ1v) is 10.0. The summed E-state index contributed by atoms with van der Waals surface area (Å²) in [5.41, 5.74) is -0.122. The van der Waals surface area contributed by atoms with E-state index in [9.17, 15) is 18.8 Å². The van der Waals surface area contributed by atoms with Crippen LogP contribution in [-0.4, -0.2) is 35.8 Å². The summed E-state index contributed by atoms with van der Waals surface area (Å²) in [7, 11) is 0. The maximum atomic E-state index is 13.7. The number of benzene rings is 3. The lowest BCUT2D eigenvalue weighted by molar-refractivity contribution is -0.134. The molecule has 1 unspecified atom stereocenters. The van der Waals surface area contributed by atoms with Crippen LogP contribution in [-0.2, 0) is 21.5 Å². The predicted octanol–water partition coefficient (Wildman–Crippen LogP) is 3.10. The molecule has 3 aromatic carbocycles. The summed E-state index contributed by atoms with van der Waals surface area (Å²) in [6.07, 6.45) is 0.313. The van der Waals surface area contributed by atoms with Crippen molar-refractivity contribution >= 4 is 28.6 Å². The summed E-state index contributed by atoms with van der Waals surface area (Å²) in [5, 5.41) is 7.33. The number of carbonyl (C=O) groups is 3. The molecule has 1 aliphatic rings. The van der Waals surface area contributed by atoms with Crippen molar-refractivity contribution in [3.8, 4) is 0 Å². The maximum Gasteiger partial charge on any atom is 0.325 e. The summed E-state index contributed by atoms with van der Waals surface area (Å²) in [5.74, 6) is -1.31. The number of nitrogens with one attached hydrogen (secondary N) is 2. The number of fused-ring (bicyclic) bond motifs is 1. The van der Waals surface area contributed by atoms with Crippen LogP contribution in [0.5, 0.6) is 0 Å². The molecule has 0 aliphatic carbocycles. The first kappa shape index (κ1) is 20.5.